The molecule has 2 aliphatic rings. The van der Waals surface area contributed by atoms with Crippen molar-refractivity contribution in [1.82, 2.24) is 10.6 Å². The molecule has 21 heavy (non-hydrogen) atoms. The van der Waals surface area contributed by atoms with Crippen LogP contribution in [0.3, 0.4) is 0 Å². The second-order valence-electron chi connectivity index (χ2n) is 5.07. The van der Waals surface area contributed by atoms with Crippen LogP contribution in [0.25, 0.3) is 0 Å². The van der Waals surface area contributed by atoms with Crippen molar-refractivity contribution in [3.8, 4) is 0 Å². The summed E-state index contributed by atoms with van der Waals surface area (Å²) in [5.41, 5.74) is 1.10. The number of fused-ring (bicyclic) bond motifs is 1. The lowest BCUT2D eigenvalue weighted by Gasteiger charge is -2.16. The number of amides is 3. The first-order valence-corrected chi connectivity index (χ1v) is 6.65. The molecule has 0 bridgehead atoms. The number of likely N-dealkylation sites (N-methyl/N-ethyl adjacent to an activating group) is 1. The van der Waals surface area contributed by atoms with E-state index in [2.05, 4.69) is 16.0 Å². The van der Waals surface area contributed by atoms with Gasteiger partial charge in [0.25, 0.3) is 11.8 Å². The summed E-state index contributed by atoms with van der Waals surface area (Å²) in [7, 11) is 1.78. The second kappa shape index (κ2) is 5.27. The number of nitrogens with one attached hydrogen (secondary N) is 3. The minimum absolute atomic E-state index is 0.0238. The average molecular weight is 289 g/mol. The molecule has 3 N–H and O–H groups in total. The third-order valence-corrected chi connectivity index (χ3v) is 3.79. The van der Waals surface area contributed by atoms with E-state index in [1.54, 1.807) is 13.1 Å². The van der Waals surface area contributed by atoms with Crippen LogP contribution in [0.2, 0.25) is 0 Å². The number of carbonyl (C=O) groups excluding carboxylic acids is 3. The maximum absolute atomic E-state index is 12.2. The average Bonchev–Trinajstić information content (AvgIpc) is 3.04. The Morgan fingerprint density at radius 2 is 2.00 bits per heavy atom. The molecular weight excluding hydrogens is 274 g/mol. The third kappa shape index (κ3) is 2.41. The van der Waals surface area contributed by atoms with Crippen molar-refractivity contribution in [2.75, 3.05) is 25.6 Å². The molecule has 0 aromatic heterocycles. The molecule has 1 saturated heterocycles. The maximum atomic E-state index is 12.2. The van der Waals surface area contributed by atoms with Crippen LogP contribution < -0.4 is 16.0 Å². The Bertz CT molecular complexity index is 629. The summed E-state index contributed by atoms with van der Waals surface area (Å²) in [5, 5.41) is 8.02. The molecule has 0 spiro atoms. The van der Waals surface area contributed by atoms with Gasteiger partial charge in [-0.05, 0) is 25.2 Å². The van der Waals surface area contributed by atoms with E-state index in [4.69, 9.17) is 4.74 Å². The predicted octanol–water partition coefficient (Wildman–Crippen LogP) is -0.257. The summed E-state index contributed by atoms with van der Waals surface area (Å²) in [4.78, 5) is 35.3. The number of hydrogen-bond acceptors (Lipinski definition) is 5. The molecule has 0 aliphatic carbocycles. The zero-order valence-corrected chi connectivity index (χ0v) is 11.4. The number of hydrogen-bond donors (Lipinski definition) is 3. The number of anilines is 1. The van der Waals surface area contributed by atoms with Gasteiger partial charge in [-0.2, -0.15) is 0 Å². The van der Waals surface area contributed by atoms with E-state index in [0.29, 0.717) is 24.5 Å². The van der Waals surface area contributed by atoms with E-state index in [0.717, 1.165) is 0 Å². The van der Waals surface area contributed by atoms with Crippen LogP contribution in [0.4, 0.5) is 5.69 Å². The topological polar surface area (TPSA) is 96.5 Å². The molecule has 3 amide bonds. The van der Waals surface area contributed by atoms with Gasteiger partial charge in [0.2, 0.25) is 5.91 Å². The molecule has 3 rings (SSSR count). The third-order valence-electron chi connectivity index (χ3n) is 3.79. The minimum atomic E-state index is -0.441. The summed E-state index contributed by atoms with van der Waals surface area (Å²) >= 11 is 0. The SMILES string of the molecule is CNC1COCC1C(=O)Nc1ccc2c(c1)C(=O)NC2=O. The molecule has 0 saturated carbocycles. The zero-order chi connectivity index (χ0) is 15.0. The number of ether oxygens (including phenoxy) is 1. The fourth-order valence-electron chi connectivity index (χ4n) is 2.58. The Kier molecular flexibility index (Phi) is 3.44. The zero-order valence-electron chi connectivity index (χ0n) is 11.4. The molecule has 1 aromatic carbocycles. The molecule has 7 heteroatoms. The fourth-order valence-corrected chi connectivity index (χ4v) is 2.58. The monoisotopic (exact) mass is 289 g/mol. The van der Waals surface area contributed by atoms with Crippen molar-refractivity contribution < 1.29 is 19.1 Å². The molecule has 1 fully saturated rings. The van der Waals surface area contributed by atoms with Crippen LogP contribution >= 0.6 is 0 Å². The normalized spacial score (nSPS) is 23.9. The molecule has 2 heterocycles. The smallest absolute Gasteiger partial charge is 0.259 e. The first-order valence-electron chi connectivity index (χ1n) is 6.65. The molecular formula is C14H15N3O4. The van der Waals surface area contributed by atoms with Gasteiger partial charge in [-0.25, -0.2) is 0 Å². The second-order valence-corrected chi connectivity index (χ2v) is 5.07. The lowest BCUT2D eigenvalue weighted by molar-refractivity contribution is -0.120. The maximum Gasteiger partial charge on any atom is 0.259 e. The first-order chi connectivity index (χ1) is 10.1. The van der Waals surface area contributed by atoms with Gasteiger partial charge in [0.05, 0.1) is 30.3 Å². The van der Waals surface area contributed by atoms with Gasteiger partial charge in [-0.3, -0.25) is 19.7 Å². The Labute approximate surface area is 121 Å². The Balaban J connectivity index is 1.77. The van der Waals surface area contributed by atoms with Crippen LogP contribution in [-0.4, -0.2) is 44.0 Å². The quantitative estimate of drug-likeness (QED) is 0.666. The fraction of sp³-hybridized carbons (Fsp3) is 0.357. The van der Waals surface area contributed by atoms with Gasteiger partial charge in [0, 0.05) is 11.7 Å². The van der Waals surface area contributed by atoms with Crippen molar-refractivity contribution in [2.45, 2.75) is 6.04 Å². The predicted molar refractivity (Wildman–Crippen MR) is 74.0 cm³/mol. The lowest BCUT2D eigenvalue weighted by Crippen LogP contribution is -2.39. The Morgan fingerprint density at radius 3 is 2.76 bits per heavy atom. The van der Waals surface area contributed by atoms with Crippen molar-refractivity contribution in [3.05, 3.63) is 29.3 Å². The molecule has 2 aliphatic heterocycles. The van der Waals surface area contributed by atoms with Crippen LogP contribution in [0.15, 0.2) is 18.2 Å². The van der Waals surface area contributed by atoms with Gasteiger partial charge in [0.1, 0.15) is 0 Å². The van der Waals surface area contributed by atoms with Crippen molar-refractivity contribution >= 4 is 23.4 Å². The van der Waals surface area contributed by atoms with Crippen molar-refractivity contribution in [3.63, 3.8) is 0 Å². The van der Waals surface area contributed by atoms with Gasteiger partial charge < -0.3 is 15.4 Å². The molecule has 1 aromatic rings. The van der Waals surface area contributed by atoms with Gasteiger partial charge >= 0.3 is 0 Å². The standard InChI is InChI=1S/C14H15N3O4/c1-15-11-6-21-5-10(11)14(20)16-7-2-3-8-9(4-7)13(19)17-12(8)18/h2-4,10-11,15H,5-6H2,1H3,(H,16,20)(H,17,18,19). The Morgan fingerprint density at radius 1 is 1.24 bits per heavy atom. The van der Waals surface area contributed by atoms with Crippen LogP contribution in [-0.2, 0) is 9.53 Å². The molecule has 7 nitrogen and oxygen atoms in total. The number of benzene rings is 1. The van der Waals surface area contributed by atoms with Crippen molar-refractivity contribution in [1.29, 1.82) is 0 Å². The number of imide groups is 1. The Hall–Kier alpha value is -2.25. The lowest BCUT2D eigenvalue weighted by atomic mass is 10.0. The number of rotatable bonds is 3. The van der Waals surface area contributed by atoms with Crippen LogP contribution in [0.1, 0.15) is 20.7 Å². The molecule has 110 valence electrons. The summed E-state index contributed by atoms with van der Waals surface area (Å²) in [5.74, 6) is -1.30. The molecule has 2 atom stereocenters. The van der Waals surface area contributed by atoms with Gasteiger partial charge in [0.15, 0.2) is 0 Å². The minimum Gasteiger partial charge on any atom is -0.379 e. The van der Waals surface area contributed by atoms with E-state index in [9.17, 15) is 14.4 Å². The molecule has 0 radical (unpaired) electrons. The highest BCUT2D eigenvalue weighted by molar-refractivity contribution is 6.22. The summed E-state index contributed by atoms with van der Waals surface area (Å²) in [6.07, 6.45) is 0. The van der Waals surface area contributed by atoms with Crippen LogP contribution in [0, 0.1) is 5.92 Å². The van der Waals surface area contributed by atoms with E-state index in [1.807, 2.05) is 0 Å². The van der Waals surface area contributed by atoms with Crippen molar-refractivity contribution in [2.24, 2.45) is 5.92 Å². The highest BCUT2D eigenvalue weighted by atomic mass is 16.5. The van der Waals surface area contributed by atoms with E-state index < -0.39 is 11.8 Å². The van der Waals surface area contributed by atoms with E-state index in [-0.39, 0.29) is 23.4 Å². The summed E-state index contributed by atoms with van der Waals surface area (Å²) in [6.45, 7) is 0.858. The van der Waals surface area contributed by atoms with Gasteiger partial charge in [-0.1, -0.05) is 0 Å². The van der Waals surface area contributed by atoms with E-state index >= 15 is 0 Å². The largest absolute Gasteiger partial charge is 0.379 e. The summed E-state index contributed by atoms with van der Waals surface area (Å²) in [6, 6.07) is 4.63. The van der Waals surface area contributed by atoms with E-state index in [1.165, 1.54) is 12.1 Å². The molecule has 2 unspecified atom stereocenters. The summed E-state index contributed by atoms with van der Waals surface area (Å²) < 4.78 is 5.29. The number of carbonyl (C=O) groups is 3. The first kappa shape index (κ1) is 13.7. The highest BCUT2D eigenvalue weighted by Gasteiger charge is 2.33. The van der Waals surface area contributed by atoms with Gasteiger partial charge in [-0.15, -0.1) is 0 Å². The highest BCUT2D eigenvalue weighted by Crippen LogP contribution is 2.22. The van der Waals surface area contributed by atoms with Crippen LogP contribution in [0.5, 0.6) is 0 Å².